The van der Waals surface area contributed by atoms with Crippen LogP contribution < -0.4 is 15.5 Å². The van der Waals surface area contributed by atoms with Crippen LogP contribution in [0.25, 0.3) is 6.08 Å². The van der Waals surface area contributed by atoms with Crippen LogP contribution in [0.4, 0.5) is 0 Å². The highest BCUT2D eigenvalue weighted by molar-refractivity contribution is 5.99. The number of aromatic nitrogens is 1. The molecule has 1 aliphatic heterocycles. The predicted molar refractivity (Wildman–Crippen MR) is 120 cm³/mol. The maximum absolute atomic E-state index is 10.6. The van der Waals surface area contributed by atoms with Gasteiger partial charge in [-0.2, -0.15) is 5.10 Å². The molecule has 0 aromatic carbocycles. The van der Waals surface area contributed by atoms with Gasteiger partial charge in [0, 0.05) is 19.2 Å². The first-order chi connectivity index (χ1) is 14.7. The zero-order valence-corrected chi connectivity index (χ0v) is 17.8. The molecule has 1 aromatic heterocycles. The van der Waals surface area contributed by atoms with E-state index in [4.69, 9.17) is 9.84 Å². The Balaban J connectivity index is 1.93. The Hall–Kier alpha value is -2.90. The molecule has 8 nitrogen and oxygen atoms in total. The third-order valence-electron chi connectivity index (χ3n) is 4.54. The van der Waals surface area contributed by atoms with Crippen molar-refractivity contribution in [1.29, 1.82) is 0 Å². The standard InChI is InChI=1S/C22H33N5O3/c1-2-3-5-9-18(26-27-22-24-15-16-25-22)12-13-19-20(10-8-14-23-19)30-17-7-4-6-11-21(28)29/h8,10,12-14H,2-7,9,11,15-17H2,1H3,(H,28,29)(H2,24,25,27)/b13-12+,26-18+. The van der Waals surface area contributed by atoms with E-state index >= 15 is 0 Å². The molecule has 0 spiro atoms. The van der Waals surface area contributed by atoms with Gasteiger partial charge in [0.1, 0.15) is 11.4 Å². The largest absolute Gasteiger partial charge is 0.491 e. The van der Waals surface area contributed by atoms with Crippen LogP contribution in [0.2, 0.25) is 0 Å². The summed E-state index contributed by atoms with van der Waals surface area (Å²) in [5.41, 5.74) is 4.69. The number of carboxylic acid groups (broad SMARTS) is 1. The molecule has 2 rings (SSSR count). The third-order valence-corrected chi connectivity index (χ3v) is 4.54. The van der Waals surface area contributed by atoms with Gasteiger partial charge in [-0.15, -0.1) is 0 Å². The second kappa shape index (κ2) is 14.1. The van der Waals surface area contributed by atoms with Crippen LogP contribution in [0.1, 0.15) is 64.0 Å². The summed E-state index contributed by atoms with van der Waals surface area (Å²) in [6, 6.07) is 3.74. The van der Waals surface area contributed by atoms with E-state index in [0.29, 0.717) is 19.0 Å². The molecule has 0 atom stereocenters. The number of aliphatic carboxylic acids is 1. The number of carboxylic acids is 1. The lowest BCUT2D eigenvalue weighted by atomic mass is 10.1. The molecule has 1 aromatic rings. The number of hydrazone groups is 1. The quantitative estimate of drug-likeness (QED) is 0.243. The van der Waals surface area contributed by atoms with E-state index in [1.54, 1.807) is 6.20 Å². The molecule has 30 heavy (non-hydrogen) atoms. The smallest absolute Gasteiger partial charge is 0.303 e. The minimum absolute atomic E-state index is 0.205. The topological polar surface area (TPSA) is 108 Å². The molecule has 0 radical (unpaired) electrons. The van der Waals surface area contributed by atoms with Crippen LogP contribution >= 0.6 is 0 Å². The van der Waals surface area contributed by atoms with Crippen molar-refractivity contribution >= 4 is 23.7 Å². The fourth-order valence-corrected chi connectivity index (χ4v) is 2.89. The number of nitrogens with one attached hydrogen (secondary N) is 2. The van der Waals surface area contributed by atoms with Gasteiger partial charge in [0.15, 0.2) is 0 Å². The summed E-state index contributed by atoms with van der Waals surface area (Å²) >= 11 is 0. The first-order valence-corrected chi connectivity index (χ1v) is 10.8. The van der Waals surface area contributed by atoms with Crippen molar-refractivity contribution in [2.24, 2.45) is 10.1 Å². The van der Waals surface area contributed by atoms with Gasteiger partial charge < -0.3 is 15.2 Å². The number of ether oxygens (including phenoxy) is 1. The van der Waals surface area contributed by atoms with Crippen LogP contribution in [-0.4, -0.2) is 47.4 Å². The van der Waals surface area contributed by atoms with Crippen molar-refractivity contribution in [1.82, 2.24) is 15.7 Å². The number of carbonyl (C=O) groups is 1. The first-order valence-electron chi connectivity index (χ1n) is 10.8. The minimum Gasteiger partial charge on any atom is -0.491 e. The summed E-state index contributed by atoms with van der Waals surface area (Å²) < 4.78 is 5.87. The minimum atomic E-state index is -0.753. The first kappa shape index (κ1) is 23.4. The average molecular weight is 416 g/mol. The number of pyridine rings is 1. The fraction of sp³-hybridized carbons (Fsp3) is 0.545. The maximum atomic E-state index is 10.6. The van der Waals surface area contributed by atoms with E-state index in [0.717, 1.165) is 68.8 Å². The predicted octanol–water partition coefficient (Wildman–Crippen LogP) is 3.60. The van der Waals surface area contributed by atoms with Gasteiger partial charge in [0.05, 0.1) is 18.9 Å². The zero-order valence-electron chi connectivity index (χ0n) is 17.8. The van der Waals surface area contributed by atoms with Gasteiger partial charge >= 0.3 is 5.97 Å². The Bertz CT molecular complexity index is 746. The molecule has 164 valence electrons. The molecular weight excluding hydrogens is 382 g/mol. The van der Waals surface area contributed by atoms with Gasteiger partial charge in [-0.3, -0.25) is 9.78 Å². The number of hydrogen-bond donors (Lipinski definition) is 3. The summed E-state index contributed by atoms with van der Waals surface area (Å²) in [6.07, 6.45) is 12.4. The molecule has 0 fully saturated rings. The lowest BCUT2D eigenvalue weighted by Gasteiger charge is -2.08. The van der Waals surface area contributed by atoms with Gasteiger partial charge in [0.25, 0.3) is 0 Å². The van der Waals surface area contributed by atoms with Crippen molar-refractivity contribution in [2.45, 2.75) is 58.3 Å². The summed E-state index contributed by atoms with van der Waals surface area (Å²) in [6.45, 7) is 4.32. The Kier molecular flexibility index (Phi) is 11.0. The van der Waals surface area contributed by atoms with E-state index in [2.05, 4.69) is 32.7 Å². The van der Waals surface area contributed by atoms with Gasteiger partial charge in [0.2, 0.25) is 5.96 Å². The zero-order chi connectivity index (χ0) is 21.4. The Morgan fingerprint density at radius 3 is 2.93 bits per heavy atom. The summed E-state index contributed by atoms with van der Waals surface area (Å²) in [4.78, 5) is 19.3. The highest BCUT2D eigenvalue weighted by atomic mass is 16.5. The second-order valence-electron chi connectivity index (χ2n) is 7.10. The Labute approximate surface area is 178 Å². The van der Waals surface area contributed by atoms with Crippen LogP contribution in [-0.2, 0) is 4.79 Å². The summed E-state index contributed by atoms with van der Waals surface area (Å²) in [5.74, 6) is 0.674. The molecule has 0 amide bonds. The average Bonchev–Trinajstić information content (AvgIpc) is 3.26. The van der Waals surface area contributed by atoms with E-state index < -0.39 is 5.97 Å². The van der Waals surface area contributed by atoms with E-state index in [1.807, 2.05) is 24.3 Å². The number of aliphatic imine (C=N–C) groups is 1. The van der Waals surface area contributed by atoms with E-state index in [-0.39, 0.29) is 6.42 Å². The van der Waals surface area contributed by atoms with E-state index in [9.17, 15) is 4.79 Å². The number of hydrogen-bond acceptors (Lipinski definition) is 7. The molecule has 0 unspecified atom stereocenters. The van der Waals surface area contributed by atoms with Crippen LogP contribution in [0.5, 0.6) is 5.75 Å². The molecule has 0 saturated heterocycles. The van der Waals surface area contributed by atoms with Gasteiger partial charge in [-0.1, -0.05) is 19.8 Å². The summed E-state index contributed by atoms with van der Waals surface area (Å²) in [7, 11) is 0. The Morgan fingerprint density at radius 2 is 2.17 bits per heavy atom. The number of allylic oxidation sites excluding steroid dienone is 1. The molecule has 0 bridgehead atoms. The molecule has 0 aliphatic carbocycles. The van der Waals surface area contributed by atoms with Crippen molar-refractivity contribution in [3.8, 4) is 5.75 Å². The van der Waals surface area contributed by atoms with Crippen molar-refractivity contribution in [2.75, 3.05) is 19.7 Å². The molecule has 1 aliphatic rings. The van der Waals surface area contributed by atoms with Crippen LogP contribution in [0.3, 0.4) is 0 Å². The normalized spacial score (nSPS) is 13.9. The van der Waals surface area contributed by atoms with Gasteiger partial charge in [-0.05, 0) is 56.4 Å². The lowest BCUT2D eigenvalue weighted by molar-refractivity contribution is -0.137. The maximum Gasteiger partial charge on any atom is 0.303 e. The molecule has 3 N–H and O–H groups in total. The lowest BCUT2D eigenvalue weighted by Crippen LogP contribution is -2.30. The van der Waals surface area contributed by atoms with Crippen LogP contribution in [0.15, 0.2) is 34.5 Å². The number of rotatable bonds is 14. The highest BCUT2D eigenvalue weighted by Gasteiger charge is 2.05. The molecule has 0 saturated carbocycles. The monoisotopic (exact) mass is 415 g/mol. The number of unbranched alkanes of at least 4 members (excludes halogenated alkanes) is 4. The van der Waals surface area contributed by atoms with Crippen molar-refractivity contribution in [3.05, 3.63) is 30.1 Å². The highest BCUT2D eigenvalue weighted by Crippen LogP contribution is 2.18. The third kappa shape index (κ3) is 9.54. The van der Waals surface area contributed by atoms with E-state index in [1.165, 1.54) is 0 Å². The second-order valence-corrected chi connectivity index (χ2v) is 7.10. The van der Waals surface area contributed by atoms with Gasteiger partial charge in [-0.25, -0.2) is 10.4 Å². The summed E-state index contributed by atoms with van der Waals surface area (Å²) in [5, 5.41) is 16.3. The fourth-order valence-electron chi connectivity index (χ4n) is 2.89. The number of nitrogens with zero attached hydrogens (tertiary/aromatic N) is 3. The van der Waals surface area contributed by atoms with Crippen molar-refractivity contribution in [3.63, 3.8) is 0 Å². The van der Waals surface area contributed by atoms with Crippen molar-refractivity contribution < 1.29 is 14.6 Å². The Morgan fingerprint density at radius 1 is 1.30 bits per heavy atom. The molecule has 8 heteroatoms. The number of guanidine groups is 1. The molecule has 2 heterocycles. The SMILES string of the molecule is CCCCCC(/C=C/c1ncccc1OCCCCCC(=O)O)=N\NC1=NCCN1. The molecular formula is C22H33N5O3. The van der Waals surface area contributed by atoms with Crippen LogP contribution in [0, 0.1) is 0 Å².